The van der Waals surface area contributed by atoms with Gasteiger partial charge in [0.15, 0.2) is 0 Å². The summed E-state index contributed by atoms with van der Waals surface area (Å²) in [5.41, 5.74) is 8.65. The van der Waals surface area contributed by atoms with E-state index in [9.17, 15) is 5.11 Å². The van der Waals surface area contributed by atoms with E-state index < -0.39 is 0 Å². The molecule has 1 aromatic carbocycles. The van der Waals surface area contributed by atoms with Crippen molar-refractivity contribution in [3.8, 4) is 0 Å². The lowest BCUT2D eigenvalue weighted by molar-refractivity contribution is 0.0465. The minimum absolute atomic E-state index is 0.132. The number of nitrogens with two attached hydrogens (primary N) is 1. The molecule has 1 saturated carbocycles. The number of hydrogen-bond acceptors (Lipinski definition) is 4. The number of thiocarbonyl (C=S) groups is 1. The van der Waals surface area contributed by atoms with E-state index in [1.54, 1.807) is 6.20 Å². The molecule has 0 spiro atoms. The van der Waals surface area contributed by atoms with Gasteiger partial charge in [0.2, 0.25) is 0 Å². The summed E-state index contributed by atoms with van der Waals surface area (Å²) in [6.45, 7) is 0.890. The van der Waals surface area contributed by atoms with E-state index in [4.69, 9.17) is 18.0 Å². The Hall–Kier alpha value is -1.72. The van der Waals surface area contributed by atoms with Crippen LogP contribution in [-0.2, 0) is 0 Å². The Labute approximate surface area is 129 Å². The van der Waals surface area contributed by atoms with E-state index in [1.807, 2.05) is 31.3 Å². The molecule has 0 radical (unpaired) electrons. The predicted molar refractivity (Wildman–Crippen MR) is 89.6 cm³/mol. The van der Waals surface area contributed by atoms with Crippen molar-refractivity contribution in [2.24, 2.45) is 11.7 Å². The molecular weight excluding hydrogens is 282 g/mol. The molecule has 1 aromatic heterocycles. The van der Waals surface area contributed by atoms with Crippen LogP contribution < -0.4 is 10.6 Å². The number of para-hydroxylation sites is 1. The van der Waals surface area contributed by atoms with Crippen molar-refractivity contribution >= 4 is 33.8 Å². The number of benzene rings is 1. The molecule has 1 aliphatic carbocycles. The lowest BCUT2D eigenvalue weighted by Gasteiger charge is -2.36. The van der Waals surface area contributed by atoms with E-state index in [2.05, 4.69) is 9.88 Å². The predicted octanol–water partition coefficient (Wildman–Crippen LogP) is 2.08. The van der Waals surface area contributed by atoms with Gasteiger partial charge in [0.25, 0.3) is 0 Å². The summed E-state index contributed by atoms with van der Waals surface area (Å²) in [4.78, 5) is 6.99. The van der Waals surface area contributed by atoms with Crippen molar-refractivity contribution in [1.82, 2.24) is 4.98 Å². The summed E-state index contributed by atoms with van der Waals surface area (Å²) < 4.78 is 0. The van der Waals surface area contributed by atoms with Crippen LogP contribution in [0, 0.1) is 5.92 Å². The minimum Gasteiger partial charge on any atom is -0.393 e. The molecule has 3 rings (SSSR count). The molecule has 0 amide bonds. The van der Waals surface area contributed by atoms with E-state index in [-0.39, 0.29) is 6.10 Å². The Morgan fingerprint density at radius 1 is 1.43 bits per heavy atom. The number of aliphatic hydroxyl groups is 1. The van der Waals surface area contributed by atoms with Crippen molar-refractivity contribution in [3.05, 3.63) is 36.0 Å². The highest BCUT2D eigenvalue weighted by Gasteiger charge is 2.29. The molecule has 3 N–H and O–H groups in total. The van der Waals surface area contributed by atoms with Crippen LogP contribution in [-0.4, -0.2) is 34.8 Å². The second kappa shape index (κ2) is 5.58. The second-order valence-corrected chi connectivity index (χ2v) is 6.21. The van der Waals surface area contributed by atoms with Crippen LogP contribution in [0.2, 0.25) is 0 Å². The van der Waals surface area contributed by atoms with E-state index in [0.717, 1.165) is 41.5 Å². The third kappa shape index (κ3) is 2.71. The van der Waals surface area contributed by atoms with Gasteiger partial charge in [0.05, 0.1) is 22.9 Å². The highest BCUT2D eigenvalue weighted by molar-refractivity contribution is 7.80. The summed E-state index contributed by atoms with van der Waals surface area (Å²) >= 11 is 5.18. The van der Waals surface area contributed by atoms with Crippen molar-refractivity contribution < 1.29 is 5.11 Å². The topological polar surface area (TPSA) is 62.4 Å². The minimum atomic E-state index is -0.132. The number of aromatic nitrogens is 1. The van der Waals surface area contributed by atoms with Crippen molar-refractivity contribution in [2.45, 2.75) is 18.9 Å². The molecule has 1 fully saturated rings. The SMILES string of the molecule is CN(CC1CC(O)C1)c1c(C(N)=S)cnc2ccccc12. The summed E-state index contributed by atoms with van der Waals surface area (Å²) in [5.74, 6) is 0.524. The molecule has 5 heteroatoms. The van der Waals surface area contributed by atoms with Crippen LogP contribution in [0.3, 0.4) is 0 Å². The summed E-state index contributed by atoms with van der Waals surface area (Å²) in [6, 6.07) is 8.01. The zero-order valence-corrected chi connectivity index (χ0v) is 12.8. The number of aliphatic hydroxyl groups excluding tert-OH is 1. The fraction of sp³-hybridized carbons (Fsp3) is 0.375. The third-order valence-electron chi connectivity index (χ3n) is 4.14. The van der Waals surface area contributed by atoms with Gasteiger partial charge in [-0.25, -0.2) is 0 Å². The largest absolute Gasteiger partial charge is 0.393 e. The Bertz CT molecular complexity index is 682. The van der Waals surface area contributed by atoms with Crippen LogP contribution in [0.5, 0.6) is 0 Å². The molecular formula is C16H19N3OS. The first-order chi connectivity index (χ1) is 10.1. The molecule has 0 atom stereocenters. The highest BCUT2D eigenvalue weighted by atomic mass is 32.1. The number of nitrogens with zero attached hydrogens (tertiary/aromatic N) is 2. The fourth-order valence-electron chi connectivity index (χ4n) is 3.05. The zero-order chi connectivity index (χ0) is 15.0. The monoisotopic (exact) mass is 301 g/mol. The molecule has 1 heterocycles. The third-order valence-corrected chi connectivity index (χ3v) is 4.36. The molecule has 21 heavy (non-hydrogen) atoms. The first kappa shape index (κ1) is 14.2. The number of pyridine rings is 1. The fourth-order valence-corrected chi connectivity index (χ4v) is 3.20. The lowest BCUT2D eigenvalue weighted by atomic mass is 9.82. The van der Waals surface area contributed by atoms with Crippen molar-refractivity contribution in [1.29, 1.82) is 0 Å². The van der Waals surface area contributed by atoms with Crippen LogP contribution in [0.25, 0.3) is 10.9 Å². The second-order valence-electron chi connectivity index (χ2n) is 5.77. The smallest absolute Gasteiger partial charge is 0.107 e. The molecule has 0 unspecified atom stereocenters. The molecule has 0 saturated heterocycles. The Morgan fingerprint density at radius 3 is 2.81 bits per heavy atom. The normalized spacial score (nSPS) is 21.0. The molecule has 2 aromatic rings. The average Bonchev–Trinajstić information content (AvgIpc) is 2.44. The van der Waals surface area contributed by atoms with Gasteiger partial charge in [-0.3, -0.25) is 4.98 Å². The number of rotatable bonds is 4. The summed E-state index contributed by atoms with van der Waals surface area (Å²) in [6.07, 6.45) is 3.37. The zero-order valence-electron chi connectivity index (χ0n) is 12.0. The molecule has 0 bridgehead atoms. The van der Waals surface area contributed by atoms with Crippen molar-refractivity contribution in [3.63, 3.8) is 0 Å². The van der Waals surface area contributed by atoms with Crippen LogP contribution in [0.15, 0.2) is 30.5 Å². The average molecular weight is 301 g/mol. The Kier molecular flexibility index (Phi) is 3.78. The van der Waals surface area contributed by atoms with E-state index in [1.165, 1.54) is 0 Å². The van der Waals surface area contributed by atoms with Crippen molar-refractivity contribution in [2.75, 3.05) is 18.5 Å². The Morgan fingerprint density at radius 2 is 2.14 bits per heavy atom. The Balaban J connectivity index is 2.01. The summed E-state index contributed by atoms with van der Waals surface area (Å²) in [5, 5.41) is 10.5. The van der Waals surface area contributed by atoms with Crippen LogP contribution in [0.1, 0.15) is 18.4 Å². The standard InChI is InChI=1S/C16H19N3OS/c1-19(9-10-6-11(20)7-10)15-12-4-2-3-5-14(12)18-8-13(15)16(17)21/h2-5,8,10-11,20H,6-7,9H2,1H3,(H2,17,21). The number of anilines is 1. The van der Waals surface area contributed by atoms with E-state index in [0.29, 0.717) is 10.9 Å². The highest BCUT2D eigenvalue weighted by Crippen LogP contribution is 2.33. The van der Waals surface area contributed by atoms with Gasteiger partial charge in [0, 0.05) is 25.2 Å². The van der Waals surface area contributed by atoms with Gasteiger partial charge in [-0.15, -0.1) is 0 Å². The van der Waals surface area contributed by atoms with Gasteiger partial charge in [0.1, 0.15) is 4.99 Å². The number of hydrogen-bond donors (Lipinski definition) is 2. The van der Waals surface area contributed by atoms with Gasteiger partial charge >= 0.3 is 0 Å². The maximum Gasteiger partial charge on any atom is 0.107 e. The van der Waals surface area contributed by atoms with Gasteiger partial charge < -0.3 is 15.7 Å². The molecule has 0 aliphatic heterocycles. The molecule has 110 valence electrons. The van der Waals surface area contributed by atoms with Crippen LogP contribution in [0.4, 0.5) is 5.69 Å². The number of fused-ring (bicyclic) bond motifs is 1. The maximum absolute atomic E-state index is 9.45. The van der Waals surface area contributed by atoms with Crippen LogP contribution >= 0.6 is 12.2 Å². The first-order valence-electron chi connectivity index (χ1n) is 7.13. The molecule has 1 aliphatic rings. The van der Waals surface area contributed by atoms with Gasteiger partial charge in [-0.05, 0) is 24.8 Å². The van der Waals surface area contributed by atoms with Gasteiger partial charge in [-0.2, -0.15) is 0 Å². The first-order valence-corrected chi connectivity index (χ1v) is 7.54. The quantitative estimate of drug-likeness (QED) is 0.847. The summed E-state index contributed by atoms with van der Waals surface area (Å²) in [7, 11) is 2.05. The van der Waals surface area contributed by atoms with Gasteiger partial charge in [-0.1, -0.05) is 30.4 Å². The lowest BCUT2D eigenvalue weighted by Crippen LogP contribution is -2.37. The van der Waals surface area contributed by atoms with E-state index >= 15 is 0 Å². The maximum atomic E-state index is 9.45. The molecule has 4 nitrogen and oxygen atoms in total.